The molecule has 0 saturated carbocycles. The Morgan fingerprint density at radius 1 is 0.381 bits per heavy atom. The van der Waals surface area contributed by atoms with Gasteiger partial charge in [0.15, 0.2) is 0 Å². The molecule has 0 rings (SSSR count). The molecule has 0 heterocycles. The van der Waals surface area contributed by atoms with Crippen LogP contribution in [0.2, 0.25) is 0 Å². The number of aliphatic hydroxyl groups is 7. The van der Waals surface area contributed by atoms with Crippen molar-refractivity contribution in [3.8, 4) is 0 Å². The van der Waals surface area contributed by atoms with Gasteiger partial charge in [-0.2, -0.15) is 0 Å². The maximum Gasteiger partial charge on any atom is 1.00 e. The maximum atomic E-state index is 11.9. The Morgan fingerprint density at radius 3 is 1.02 bits per heavy atom. The fraction of sp³-hybridized carbons (Fsp3) is 0.902. The van der Waals surface area contributed by atoms with E-state index in [1.165, 1.54) is 63.9 Å². The monoisotopic (exact) mass is 1660 g/mol. The normalized spacial score (nSPS) is 13.3. The van der Waals surface area contributed by atoms with E-state index in [-0.39, 0.29) is 210 Å². The molecule has 0 radical (unpaired) electrons. The van der Waals surface area contributed by atoms with Gasteiger partial charge in [0.1, 0.15) is 0 Å². The third kappa shape index (κ3) is 86.4. The van der Waals surface area contributed by atoms with Crippen LogP contribution in [0.1, 0.15) is 357 Å². The van der Waals surface area contributed by atoms with Crippen LogP contribution in [0.25, 0.3) is 0 Å². The first-order chi connectivity index (χ1) is 51.0. The van der Waals surface area contributed by atoms with E-state index in [2.05, 4.69) is 31.4 Å². The average molecular weight is 1660 g/mol. The number of ether oxygens (including phenoxy) is 4. The SMILES string of the molecule is CCCCCC(O)C(O)CC(O)C(O)CCCCCCCC(=O)NCCCC(C)(C)CC(=O)O.CCCCCCCCC(O)C(O)CCCCCCCC(=O)NCCCC(C)(C)CC(=O)O.CCCCCCCCC(OCCOCCOCCOC(C[C-]=O)(C[C-]=O)C(=O)[O-])C(O)CCCCCCCC(=O)[O-].[Na+].[Na+].[Na+].[Na+].[OH-].[OH-]. The van der Waals surface area contributed by atoms with E-state index in [9.17, 15) is 84.3 Å². The van der Waals surface area contributed by atoms with Crippen LogP contribution in [-0.4, -0.2) is 212 Å². The number of rotatable bonds is 76. The van der Waals surface area contributed by atoms with Crippen molar-refractivity contribution in [3.05, 3.63) is 0 Å². The van der Waals surface area contributed by atoms with E-state index in [1.54, 1.807) is 0 Å². The standard InChI is InChI=1S/C30H52O11.C26H51NO7.C26H51NO5.4Na.2H2O/c1-2-3-4-5-8-11-14-27(26(33)13-10-7-6-9-12-15-28(34)35)40-24-22-38-20-21-39-23-25-41-30(16-18-31,17-19-32)29(36)37;1-4-5-9-13-20(28)22(30)18-23(31)21(29)14-10-7-6-8-11-15-24(32)27-17-12-16-26(2,3)19-25(33)34;1-4-5-6-7-9-12-16-22(28)23(29)17-13-10-8-11-14-18-24(30)27-20-15-19-26(2,3)21-25(31)32;;;;;;/h26-27,33H,2-17,20-25H2,1H3,(H,34,35)(H,36,37);20-23,28-31H,4-19H2,1-3H3,(H,27,32)(H,33,34);22-23,28-29H,4-21H2,1-3H3,(H,27,30)(H,31,32);;;;;2*1H2/q-2;;;4*+1;;/p-4. The summed E-state index contributed by atoms with van der Waals surface area (Å²) in [7, 11) is 0. The maximum absolute atomic E-state index is 11.9. The Labute approximate surface area is 769 Å². The summed E-state index contributed by atoms with van der Waals surface area (Å²) < 4.78 is 22.0. The molecule has 0 aromatic rings. The van der Waals surface area contributed by atoms with E-state index in [1.807, 2.05) is 27.7 Å². The number of hydrogen-bond donors (Lipinski definition) is 11. The van der Waals surface area contributed by atoms with Crippen molar-refractivity contribution in [3.63, 3.8) is 0 Å². The van der Waals surface area contributed by atoms with E-state index in [4.69, 9.17) is 29.2 Å². The Balaban J connectivity index is -0.000000201. The van der Waals surface area contributed by atoms with Gasteiger partial charge < -0.3 is 116 Å². The Bertz CT molecular complexity index is 2170. The van der Waals surface area contributed by atoms with E-state index in [0.717, 1.165) is 167 Å². The van der Waals surface area contributed by atoms with E-state index in [0.29, 0.717) is 77.7 Å². The van der Waals surface area contributed by atoms with Gasteiger partial charge in [0.2, 0.25) is 11.8 Å². The van der Waals surface area contributed by atoms with Crippen LogP contribution in [0, 0.1) is 10.8 Å². The molecule has 0 aliphatic rings. The summed E-state index contributed by atoms with van der Waals surface area (Å²) in [5.41, 5.74) is -2.60. The van der Waals surface area contributed by atoms with Crippen LogP contribution in [0.5, 0.6) is 0 Å². The summed E-state index contributed by atoms with van der Waals surface area (Å²) in [5, 5.41) is 116. The molecular weight excluding hydrogens is 1500 g/mol. The fourth-order valence-corrected chi connectivity index (χ4v) is 12.5. The van der Waals surface area contributed by atoms with Gasteiger partial charge in [-0.15, -0.1) is 12.8 Å². The van der Waals surface area contributed by atoms with Crippen molar-refractivity contribution >= 4 is 48.3 Å². The Kier molecular flexibility index (Phi) is 103. The number of aliphatic carboxylic acids is 4. The molecule has 13 N–H and O–H groups in total. The summed E-state index contributed by atoms with van der Waals surface area (Å²) in [6, 6.07) is 0. The topological polar surface area (TPSA) is 486 Å². The molecule has 0 aliphatic carbocycles. The Hall–Kier alpha value is -0.360. The van der Waals surface area contributed by atoms with Crippen molar-refractivity contribution in [2.24, 2.45) is 10.8 Å². The summed E-state index contributed by atoms with van der Waals surface area (Å²) in [4.78, 5) is 88.5. The number of aliphatic hydroxyl groups excluding tert-OH is 7. The first-order valence-electron chi connectivity index (χ1n) is 41.2. The van der Waals surface area contributed by atoms with Crippen molar-refractivity contribution < 1.29 is 243 Å². The third-order valence-electron chi connectivity index (χ3n) is 19.3. The van der Waals surface area contributed by atoms with Crippen molar-refractivity contribution in [2.75, 3.05) is 52.7 Å². The predicted molar refractivity (Wildman–Crippen MR) is 415 cm³/mol. The van der Waals surface area contributed by atoms with Crippen molar-refractivity contribution in [1.29, 1.82) is 0 Å². The molecule has 27 nitrogen and oxygen atoms in total. The Morgan fingerprint density at radius 2 is 0.673 bits per heavy atom. The minimum absolute atomic E-state index is 0. The molecule has 0 aliphatic heterocycles. The number of hydrogen-bond acceptors (Lipinski definition) is 23. The number of unbranched alkanes of at least 4 members (excludes halogenated alkanes) is 24. The minimum Gasteiger partial charge on any atom is -0.870 e. The van der Waals surface area contributed by atoms with Crippen LogP contribution < -0.4 is 139 Å². The van der Waals surface area contributed by atoms with Gasteiger partial charge in [-0.3, -0.25) is 31.8 Å². The van der Waals surface area contributed by atoms with Gasteiger partial charge in [-0.25, -0.2) is 0 Å². The number of carboxylic acid groups (broad SMARTS) is 4. The van der Waals surface area contributed by atoms with Gasteiger partial charge in [0, 0.05) is 38.3 Å². The largest absolute Gasteiger partial charge is 1.00 e. The molecule has 0 bridgehead atoms. The van der Waals surface area contributed by atoms with Crippen LogP contribution in [-0.2, 0) is 57.3 Å². The van der Waals surface area contributed by atoms with Gasteiger partial charge in [-0.05, 0) is 101 Å². The first kappa shape index (κ1) is 131. The second kappa shape index (κ2) is 89.4. The number of carbonyl (C=O) groups is 6. The second-order valence-corrected chi connectivity index (χ2v) is 30.9. The van der Waals surface area contributed by atoms with Crippen LogP contribution in [0.3, 0.4) is 0 Å². The summed E-state index contributed by atoms with van der Waals surface area (Å²) in [6.07, 6.45) is 34.0. The molecule has 0 spiro atoms. The molecule has 2 amide bonds. The molecule has 648 valence electrons. The molecule has 0 fully saturated rings. The molecule has 0 aromatic carbocycles. The van der Waals surface area contributed by atoms with Gasteiger partial charge in [0.25, 0.3) is 0 Å². The van der Waals surface area contributed by atoms with Crippen molar-refractivity contribution in [1.82, 2.24) is 10.6 Å². The molecule has 31 heteroatoms. The molecule has 113 heavy (non-hydrogen) atoms. The summed E-state index contributed by atoms with van der Waals surface area (Å²) in [5.74, 6) is -4.19. The number of nitrogens with one attached hydrogen (secondary N) is 2. The zero-order chi connectivity index (χ0) is 80.8. The zero-order valence-corrected chi connectivity index (χ0v) is 80.4. The average Bonchev–Trinajstić information content (AvgIpc) is 0.850. The number of carbonyl (C=O) groups excluding carboxylic acids is 6. The summed E-state index contributed by atoms with van der Waals surface area (Å²) >= 11 is 0. The fourth-order valence-electron chi connectivity index (χ4n) is 12.5. The van der Waals surface area contributed by atoms with Gasteiger partial charge in [0.05, 0.1) is 113 Å². The smallest absolute Gasteiger partial charge is 0.870 e. The molecular formula is C82H154N2Na4O25-2. The van der Waals surface area contributed by atoms with Crippen LogP contribution in [0.15, 0.2) is 0 Å². The van der Waals surface area contributed by atoms with E-state index >= 15 is 0 Å². The minimum atomic E-state index is -2.09. The van der Waals surface area contributed by atoms with Crippen molar-refractivity contribution in [2.45, 2.75) is 411 Å². The molecule has 8 atom stereocenters. The molecule has 0 saturated heterocycles. The molecule has 8 unspecified atom stereocenters. The van der Waals surface area contributed by atoms with Gasteiger partial charge >= 0.3 is 130 Å². The van der Waals surface area contributed by atoms with E-state index < -0.39 is 85.0 Å². The molecule has 0 aromatic heterocycles. The first-order valence-corrected chi connectivity index (χ1v) is 41.2. The number of amides is 2. The second-order valence-electron chi connectivity index (χ2n) is 30.9. The quantitative estimate of drug-likeness (QED) is 0.0183. The number of carboxylic acids is 4. The predicted octanol–water partition coefficient (Wildman–Crippen LogP) is -1.72. The summed E-state index contributed by atoms with van der Waals surface area (Å²) in [6.45, 7) is 16.3. The van der Waals surface area contributed by atoms with Crippen LogP contribution in [0.4, 0.5) is 0 Å². The van der Waals surface area contributed by atoms with Gasteiger partial charge in [-0.1, -0.05) is 222 Å². The zero-order valence-electron chi connectivity index (χ0n) is 72.4. The van der Waals surface area contributed by atoms with Crippen LogP contribution >= 0.6 is 0 Å². The third-order valence-corrected chi connectivity index (χ3v) is 19.3.